The Morgan fingerprint density at radius 1 is 1.35 bits per heavy atom. The molecule has 114 valence electrons. The first-order chi connectivity index (χ1) is 9.52. The molecule has 0 heterocycles. The second-order valence-electron chi connectivity index (χ2n) is 6.13. The van der Waals surface area contributed by atoms with Gasteiger partial charge in [0.2, 0.25) is 0 Å². The van der Waals surface area contributed by atoms with Crippen LogP contribution in [-0.4, -0.2) is 18.4 Å². The summed E-state index contributed by atoms with van der Waals surface area (Å²) in [4.78, 5) is 23.6. The van der Waals surface area contributed by atoms with E-state index in [1.165, 1.54) is 12.8 Å². The van der Waals surface area contributed by atoms with Crippen molar-refractivity contribution in [2.45, 2.75) is 65.7 Å². The molecule has 0 aliphatic heterocycles. The number of unbranched alkanes of at least 4 members (excludes halogenated alkanes) is 2. The van der Waals surface area contributed by atoms with Crippen molar-refractivity contribution in [2.75, 3.05) is 6.61 Å². The highest BCUT2D eigenvalue weighted by molar-refractivity contribution is 5.84. The smallest absolute Gasteiger partial charge is 0.306 e. The van der Waals surface area contributed by atoms with E-state index < -0.39 is 0 Å². The molecule has 20 heavy (non-hydrogen) atoms. The number of carbonyl (C=O) groups excluding carboxylic acids is 2. The molecule has 0 aromatic rings. The molecule has 0 aromatic carbocycles. The Morgan fingerprint density at radius 2 is 2.10 bits per heavy atom. The Bertz CT molecular complexity index is 353. The van der Waals surface area contributed by atoms with Crippen LogP contribution < -0.4 is 0 Å². The molecular formula is C17H28O3. The van der Waals surface area contributed by atoms with E-state index in [4.69, 9.17) is 4.74 Å². The number of ketones is 1. The number of carbonyl (C=O) groups is 2. The summed E-state index contributed by atoms with van der Waals surface area (Å²) in [5.41, 5.74) is 1.14. The summed E-state index contributed by atoms with van der Waals surface area (Å²) >= 11 is 0. The van der Waals surface area contributed by atoms with Crippen LogP contribution in [0.1, 0.15) is 65.7 Å². The number of hydrogen-bond donors (Lipinski definition) is 0. The molecule has 0 saturated heterocycles. The van der Waals surface area contributed by atoms with E-state index in [-0.39, 0.29) is 17.8 Å². The van der Waals surface area contributed by atoms with Gasteiger partial charge in [0.1, 0.15) is 12.4 Å². The number of esters is 1. The highest BCUT2D eigenvalue weighted by Crippen LogP contribution is 2.33. The quantitative estimate of drug-likeness (QED) is 0.382. The van der Waals surface area contributed by atoms with Crippen LogP contribution in [0.5, 0.6) is 0 Å². The van der Waals surface area contributed by atoms with Crippen LogP contribution in [-0.2, 0) is 14.3 Å². The summed E-state index contributed by atoms with van der Waals surface area (Å²) < 4.78 is 5.16. The van der Waals surface area contributed by atoms with Gasteiger partial charge in [-0.1, -0.05) is 31.8 Å². The lowest BCUT2D eigenvalue weighted by molar-refractivity contribution is -0.143. The fourth-order valence-corrected chi connectivity index (χ4v) is 2.74. The third-order valence-electron chi connectivity index (χ3n) is 3.91. The van der Waals surface area contributed by atoms with Crippen molar-refractivity contribution in [1.82, 2.24) is 0 Å². The van der Waals surface area contributed by atoms with Crippen LogP contribution >= 0.6 is 0 Å². The Labute approximate surface area is 122 Å². The molecular weight excluding hydrogens is 252 g/mol. The minimum Gasteiger partial charge on any atom is -0.461 e. The predicted octanol–water partition coefficient (Wildman–Crippen LogP) is 4.06. The second kappa shape index (κ2) is 8.93. The van der Waals surface area contributed by atoms with Crippen molar-refractivity contribution in [3.05, 3.63) is 11.6 Å². The molecule has 3 heteroatoms. The van der Waals surface area contributed by atoms with Crippen molar-refractivity contribution in [2.24, 2.45) is 11.8 Å². The zero-order valence-electron chi connectivity index (χ0n) is 13.1. The molecule has 0 N–H and O–H groups in total. The SMILES string of the molecule is CCCCCC1CC(CC(=O)OCC=C(C)C)CC1=O. The molecule has 1 saturated carbocycles. The topological polar surface area (TPSA) is 43.4 Å². The highest BCUT2D eigenvalue weighted by Gasteiger charge is 2.33. The van der Waals surface area contributed by atoms with E-state index >= 15 is 0 Å². The van der Waals surface area contributed by atoms with E-state index in [1.54, 1.807) is 0 Å². The summed E-state index contributed by atoms with van der Waals surface area (Å²) in [5.74, 6) is 0.572. The van der Waals surface area contributed by atoms with E-state index in [0.717, 1.165) is 24.8 Å². The largest absolute Gasteiger partial charge is 0.461 e. The second-order valence-corrected chi connectivity index (χ2v) is 6.13. The van der Waals surface area contributed by atoms with Gasteiger partial charge in [0.15, 0.2) is 0 Å². The van der Waals surface area contributed by atoms with Gasteiger partial charge in [-0.15, -0.1) is 0 Å². The zero-order chi connectivity index (χ0) is 15.0. The zero-order valence-corrected chi connectivity index (χ0v) is 13.1. The molecule has 1 fully saturated rings. The summed E-state index contributed by atoms with van der Waals surface area (Å²) in [5, 5.41) is 0. The lowest BCUT2D eigenvalue weighted by Crippen LogP contribution is -2.10. The first kappa shape index (κ1) is 16.9. The first-order valence-electron chi connectivity index (χ1n) is 7.84. The normalized spacial score (nSPS) is 21.9. The maximum absolute atomic E-state index is 11.9. The average molecular weight is 280 g/mol. The van der Waals surface area contributed by atoms with Crippen molar-refractivity contribution >= 4 is 11.8 Å². The van der Waals surface area contributed by atoms with E-state index in [1.807, 2.05) is 19.9 Å². The molecule has 1 aliphatic rings. The minimum atomic E-state index is -0.172. The van der Waals surface area contributed by atoms with Gasteiger partial charge in [-0.05, 0) is 38.7 Å². The molecule has 0 spiro atoms. The lowest BCUT2D eigenvalue weighted by Gasteiger charge is -2.09. The van der Waals surface area contributed by atoms with E-state index in [0.29, 0.717) is 25.2 Å². The molecule has 0 aromatic heterocycles. The number of Topliss-reactive ketones (excluding diaryl/α,β-unsaturated/α-hetero) is 1. The fraction of sp³-hybridized carbons (Fsp3) is 0.765. The maximum atomic E-state index is 11.9. The summed E-state index contributed by atoms with van der Waals surface area (Å²) in [6, 6.07) is 0. The third-order valence-corrected chi connectivity index (χ3v) is 3.91. The van der Waals surface area contributed by atoms with Gasteiger partial charge < -0.3 is 4.74 Å². The first-order valence-corrected chi connectivity index (χ1v) is 7.84. The molecule has 1 rings (SSSR count). The van der Waals surface area contributed by atoms with Gasteiger partial charge >= 0.3 is 5.97 Å². The Kier molecular flexibility index (Phi) is 7.56. The van der Waals surface area contributed by atoms with Crippen molar-refractivity contribution in [3.8, 4) is 0 Å². The molecule has 3 nitrogen and oxygen atoms in total. The molecule has 0 bridgehead atoms. The summed E-state index contributed by atoms with van der Waals surface area (Å²) in [7, 11) is 0. The number of hydrogen-bond acceptors (Lipinski definition) is 3. The van der Waals surface area contributed by atoms with Crippen molar-refractivity contribution < 1.29 is 14.3 Å². The van der Waals surface area contributed by atoms with Gasteiger partial charge in [0, 0.05) is 18.8 Å². The van der Waals surface area contributed by atoms with E-state index in [2.05, 4.69) is 6.92 Å². The monoisotopic (exact) mass is 280 g/mol. The highest BCUT2D eigenvalue weighted by atomic mass is 16.5. The van der Waals surface area contributed by atoms with Crippen LogP contribution in [0.4, 0.5) is 0 Å². The molecule has 2 unspecified atom stereocenters. The minimum absolute atomic E-state index is 0.172. The average Bonchev–Trinajstić information content (AvgIpc) is 2.69. The standard InChI is InChI=1S/C17H28O3/c1-4-5-6-7-15-10-14(11-16(15)18)12-17(19)20-9-8-13(2)3/h8,14-15H,4-7,9-12H2,1-3H3. The lowest BCUT2D eigenvalue weighted by atomic mass is 9.97. The Morgan fingerprint density at radius 3 is 2.75 bits per heavy atom. The van der Waals surface area contributed by atoms with Crippen LogP contribution in [0, 0.1) is 11.8 Å². The van der Waals surface area contributed by atoms with Gasteiger partial charge in [-0.2, -0.15) is 0 Å². The van der Waals surface area contributed by atoms with E-state index in [9.17, 15) is 9.59 Å². The summed E-state index contributed by atoms with van der Waals surface area (Å²) in [6.07, 6.45) is 8.23. The van der Waals surface area contributed by atoms with Gasteiger partial charge in [0.25, 0.3) is 0 Å². The third kappa shape index (κ3) is 6.36. The van der Waals surface area contributed by atoms with Crippen LogP contribution in [0.25, 0.3) is 0 Å². The summed E-state index contributed by atoms with van der Waals surface area (Å²) in [6.45, 7) is 6.47. The van der Waals surface area contributed by atoms with Gasteiger partial charge in [-0.3, -0.25) is 9.59 Å². The Hall–Kier alpha value is -1.12. The number of ether oxygens (including phenoxy) is 1. The van der Waals surface area contributed by atoms with Crippen LogP contribution in [0.3, 0.4) is 0 Å². The number of allylic oxidation sites excluding steroid dienone is 1. The van der Waals surface area contributed by atoms with Gasteiger partial charge in [0.05, 0.1) is 0 Å². The fourth-order valence-electron chi connectivity index (χ4n) is 2.74. The maximum Gasteiger partial charge on any atom is 0.306 e. The predicted molar refractivity (Wildman–Crippen MR) is 80.4 cm³/mol. The molecule has 1 aliphatic carbocycles. The van der Waals surface area contributed by atoms with Crippen molar-refractivity contribution in [1.29, 1.82) is 0 Å². The molecule has 0 amide bonds. The van der Waals surface area contributed by atoms with Crippen molar-refractivity contribution in [3.63, 3.8) is 0 Å². The molecule has 0 radical (unpaired) electrons. The van der Waals surface area contributed by atoms with Crippen LogP contribution in [0.2, 0.25) is 0 Å². The molecule has 2 atom stereocenters. The van der Waals surface area contributed by atoms with Crippen LogP contribution in [0.15, 0.2) is 11.6 Å². The van der Waals surface area contributed by atoms with Gasteiger partial charge in [-0.25, -0.2) is 0 Å². The Balaban J connectivity index is 2.26. The number of rotatable bonds is 8.